The molecule has 0 radical (unpaired) electrons. The van der Waals surface area contributed by atoms with E-state index < -0.39 is 29.2 Å². The van der Waals surface area contributed by atoms with Crippen molar-refractivity contribution in [2.45, 2.75) is 20.0 Å². The number of aliphatic hydroxyl groups excluding tert-OH is 1. The van der Waals surface area contributed by atoms with Crippen LogP contribution >= 0.6 is 0 Å². The van der Waals surface area contributed by atoms with Crippen molar-refractivity contribution in [1.82, 2.24) is 0 Å². The predicted octanol–water partition coefficient (Wildman–Crippen LogP) is 2.64. The van der Waals surface area contributed by atoms with E-state index in [0.717, 1.165) is 0 Å². The molecule has 1 atom stereocenters. The van der Waals surface area contributed by atoms with Gasteiger partial charge >= 0.3 is 0 Å². The Kier molecular flexibility index (Phi) is 2.98. The van der Waals surface area contributed by atoms with E-state index in [9.17, 15) is 19.8 Å². The second-order valence-corrected chi connectivity index (χ2v) is 5.21. The van der Waals surface area contributed by atoms with Gasteiger partial charge in [-0.2, -0.15) is 0 Å². The number of ketones is 2. The Morgan fingerprint density at radius 2 is 1.91 bits per heavy atom. The second kappa shape index (κ2) is 4.62. The highest BCUT2D eigenvalue weighted by Gasteiger charge is 2.38. The molecule has 0 saturated carbocycles. The van der Waals surface area contributed by atoms with Crippen LogP contribution in [0.3, 0.4) is 0 Å². The molecule has 114 valence electrons. The van der Waals surface area contributed by atoms with E-state index in [2.05, 4.69) is 0 Å². The number of aromatic hydroxyl groups is 1. The number of Topliss-reactive ketones (excluding diaryl/α,β-unsaturated/α-hetero) is 2. The minimum Gasteiger partial charge on any atom is -0.507 e. The second-order valence-electron chi connectivity index (χ2n) is 5.21. The summed E-state index contributed by atoms with van der Waals surface area (Å²) in [5, 5.41) is 20.3. The van der Waals surface area contributed by atoms with Crippen LogP contribution in [0.5, 0.6) is 5.75 Å². The quantitative estimate of drug-likeness (QED) is 0.828. The van der Waals surface area contributed by atoms with Crippen LogP contribution in [0.2, 0.25) is 0 Å². The van der Waals surface area contributed by atoms with Crippen molar-refractivity contribution in [2.24, 2.45) is 0 Å². The molecule has 3 rings (SSSR count). The molecule has 0 fully saturated rings. The summed E-state index contributed by atoms with van der Waals surface area (Å²) in [7, 11) is 1.18. The highest BCUT2D eigenvalue weighted by atomic mass is 16.5. The van der Waals surface area contributed by atoms with E-state index in [1.165, 1.54) is 13.2 Å². The predicted molar refractivity (Wildman–Crippen MR) is 76.6 cm³/mol. The van der Waals surface area contributed by atoms with E-state index in [4.69, 9.17) is 9.47 Å². The van der Waals surface area contributed by atoms with Gasteiger partial charge in [-0.1, -0.05) is 0 Å². The van der Waals surface area contributed by atoms with Gasteiger partial charge in [0.1, 0.15) is 11.9 Å². The summed E-state index contributed by atoms with van der Waals surface area (Å²) in [4.78, 5) is 24.6. The number of phenols is 1. The fourth-order valence-corrected chi connectivity index (χ4v) is 2.89. The molecule has 1 aromatic rings. The number of hydrogen-bond donors (Lipinski definition) is 2. The molecule has 2 aliphatic rings. The topological polar surface area (TPSA) is 93.1 Å². The van der Waals surface area contributed by atoms with Gasteiger partial charge in [-0.05, 0) is 31.6 Å². The Labute approximate surface area is 126 Å². The third-order valence-corrected chi connectivity index (χ3v) is 3.81. The van der Waals surface area contributed by atoms with Crippen LogP contribution in [0.25, 0.3) is 6.08 Å². The summed E-state index contributed by atoms with van der Waals surface area (Å²) >= 11 is 0. The molecule has 0 bridgehead atoms. The number of allylic oxidation sites excluding steroid dienone is 3. The zero-order valence-corrected chi connectivity index (χ0v) is 12.3. The molecule has 6 nitrogen and oxygen atoms in total. The first-order valence-corrected chi connectivity index (χ1v) is 6.68. The number of carbonyl (C=O) groups is 2. The van der Waals surface area contributed by atoms with E-state index in [0.29, 0.717) is 16.9 Å². The lowest BCUT2D eigenvalue weighted by atomic mass is 9.85. The van der Waals surface area contributed by atoms with Gasteiger partial charge in [0.2, 0.25) is 23.1 Å². The van der Waals surface area contributed by atoms with Crippen LogP contribution in [0.1, 0.15) is 51.8 Å². The summed E-state index contributed by atoms with van der Waals surface area (Å²) in [6.07, 6.45) is 1.21. The first-order chi connectivity index (χ1) is 10.4. The van der Waals surface area contributed by atoms with Crippen LogP contribution < -0.4 is 0 Å². The van der Waals surface area contributed by atoms with Gasteiger partial charge in [0.05, 0.1) is 18.4 Å². The van der Waals surface area contributed by atoms with Crippen molar-refractivity contribution in [3.63, 3.8) is 0 Å². The lowest BCUT2D eigenvalue weighted by Gasteiger charge is -2.27. The van der Waals surface area contributed by atoms with Gasteiger partial charge < -0.3 is 19.7 Å². The molecule has 0 spiro atoms. The average Bonchev–Trinajstić information content (AvgIpc) is 2.44. The first-order valence-electron chi connectivity index (χ1n) is 6.68. The summed E-state index contributed by atoms with van der Waals surface area (Å²) in [5.41, 5.74) is 0.809. The molecule has 1 aromatic carbocycles. The van der Waals surface area contributed by atoms with Crippen LogP contribution in [0.4, 0.5) is 0 Å². The van der Waals surface area contributed by atoms with Crippen LogP contribution in [0, 0.1) is 0 Å². The Bertz CT molecular complexity index is 784. The summed E-state index contributed by atoms with van der Waals surface area (Å²) in [6, 6.07) is 1.48. The highest BCUT2D eigenvalue weighted by molar-refractivity contribution is 6.26. The minimum absolute atomic E-state index is 0.0438. The summed E-state index contributed by atoms with van der Waals surface area (Å²) in [5.74, 6) is -2.39. The molecule has 0 aromatic heterocycles. The normalized spacial score (nSPS) is 20.1. The number of carbonyl (C=O) groups excluding carboxylic acids is 2. The molecular weight excluding hydrogens is 288 g/mol. The number of fused-ring (bicyclic) bond motifs is 2. The van der Waals surface area contributed by atoms with Crippen molar-refractivity contribution in [3.05, 3.63) is 45.6 Å². The lowest BCUT2D eigenvalue weighted by molar-refractivity contribution is 0.0850. The molecule has 6 heteroatoms. The zero-order chi connectivity index (χ0) is 16.2. The standard InChI is InChI=1S/C16H14O6/c1-6-4-8-5-9-11(13(18)10(8)7(2)22-6)14(19)16(21-3)15(20)12(9)17/h4-5,7,18,20H,1-3H3/t7-/m1/s1. The molecule has 1 aliphatic heterocycles. The molecule has 0 saturated heterocycles. The molecule has 22 heavy (non-hydrogen) atoms. The van der Waals surface area contributed by atoms with Crippen LogP contribution in [0.15, 0.2) is 23.3 Å². The number of rotatable bonds is 1. The van der Waals surface area contributed by atoms with E-state index in [-0.39, 0.29) is 16.9 Å². The Morgan fingerprint density at radius 3 is 2.55 bits per heavy atom. The van der Waals surface area contributed by atoms with Gasteiger partial charge in [0, 0.05) is 11.1 Å². The number of hydrogen-bond acceptors (Lipinski definition) is 6. The van der Waals surface area contributed by atoms with E-state index in [1.807, 2.05) is 0 Å². The van der Waals surface area contributed by atoms with Gasteiger partial charge in [-0.15, -0.1) is 0 Å². The molecular formula is C16H14O6. The van der Waals surface area contributed by atoms with Crippen molar-refractivity contribution >= 4 is 17.6 Å². The van der Waals surface area contributed by atoms with Crippen molar-refractivity contribution < 1.29 is 29.3 Å². The van der Waals surface area contributed by atoms with Gasteiger partial charge in [0.15, 0.2) is 0 Å². The van der Waals surface area contributed by atoms with Crippen molar-refractivity contribution in [2.75, 3.05) is 7.11 Å². The highest BCUT2D eigenvalue weighted by Crippen LogP contribution is 2.43. The smallest absolute Gasteiger partial charge is 0.236 e. The Hall–Kier alpha value is -2.76. The summed E-state index contributed by atoms with van der Waals surface area (Å²) < 4.78 is 10.3. The lowest BCUT2D eigenvalue weighted by Crippen LogP contribution is -2.24. The Morgan fingerprint density at radius 1 is 1.23 bits per heavy atom. The van der Waals surface area contributed by atoms with Gasteiger partial charge in [-0.25, -0.2) is 0 Å². The molecule has 0 amide bonds. The van der Waals surface area contributed by atoms with Crippen molar-refractivity contribution in [1.29, 1.82) is 0 Å². The molecule has 0 unspecified atom stereocenters. The fraction of sp³-hybridized carbons (Fsp3) is 0.250. The van der Waals surface area contributed by atoms with E-state index >= 15 is 0 Å². The largest absolute Gasteiger partial charge is 0.507 e. The minimum atomic E-state index is -0.755. The number of benzene rings is 1. The summed E-state index contributed by atoms with van der Waals surface area (Å²) in [6.45, 7) is 3.49. The maximum Gasteiger partial charge on any atom is 0.236 e. The third-order valence-electron chi connectivity index (χ3n) is 3.81. The number of ether oxygens (including phenoxy) is 2. The molecule has 1 aliphatic carbocycles. The third kappa shape index (κ3) is 1.73. The molecule has 1 heterocycles. The van der Waals surface area contributed by atoms with Gasteiger partial charge in [0.25, 0.3) is 0 Å². The number of methoxy groups -OCH3 is 1. The zero-order valence-electron chi connectivity index (χ0n) is 12.3. The van der Waals surface area contributed by atoms with Crippen LogP contribution in [-0.2, 0) is 9.47 Å². The monoisotopic (exact) mass is 302 g/mol. The first kappa shape index (κ1) is 14.2. The average molecular weight is 302 g/mol. The van der Waals surface area contributed by atoms with Gasteiger partial charge in [-0.3, -0.25) is 9.59 Å². The van der Waals surface area contributed by atoms with E-state index in [1.54, 1.807) is 19.9 Å². The maximum absolute atomic E-state index is 12.4. The molecule has 2 N–H and O–H groups in total. The van der Waals surface area contributed by atoms with Crippen molar-refractivity contribution in [3.8, 4) is 5.75 Å². The fourth-order valence-electron chi connectivity index (χ4n) is 2.89. The number of aliphatic hydroxyl groups is 1. The maximum atomic E-state index is 12.4. The van der Waals surface area contributed by atoms with Crippen LogP contribution in [-0.4, -0.2) is 28.9 Å². The number of phenolic OH excluding ortho intramolecular Hbond substituents is 1. The Balaban J connectivity index is 2.34. The SMILES string of the molecule is COC1=C(O)C(=O)c2cc3c(c(O)c2C1=O)[C@@H](C)OC(C)=C3.